The van der Waals surface area contributed by atoms with E-state index in [1.807, 2.05) is 0 Å². The van der Waals surface area contributed by atoms with Crippen LogP contribution in [0, 0.1) is 0 Å². The Morgan fingerprint density at radius 2 is 2.06 bits per heavy atom. The van der Waals surface area contributed by atoms with E-state index in [2.05, 4.69) is 4.99 Å². The molecule has 0 bridgehead atoms. The molecule has 0 radical (unpaired) electrons. The summed E-state index contributed by atoms with van der Waals surface area (Å²) in [5.74, 6) is -0.0853. The average Bonchev–Trinajstić information content (AvgIpc) is 2.25. The molecule has 0 unspecified atom stereocenters. The lowest BCUT2D eigenvalue weighted by molar-refractivity contribution is -0.118. The summed E-state index contributed by atoms with van der Waals surface area (Å²) in [6, 6.07) is 4.93. The van der Waals surface area contributed by atoms with E-state index in [1.54, 1.807) is 18.2 Å². The number of aliphatic imine (C=N–C) groups is 1. The fraction of sp³-hybridized carbons (Fsp3) is 0.273. The van der Waals surface area contributed by atoms with Gasteiger partial charge in [-0.1, -0.05) is 23.2 Å². The van der Waals surface area contributed by atoms with Crippen molar-refractivity contribution in [2.24, 2.45) is 16.5 Å². The average molecular weight is 290 g/mol. The zero-order chi connectivity index (χ0) is 13.5. The van der Waals surface area contributed by atoms with Crippen LogP contribution >= 0.6 is 23.2 Å². The van der Waals surface area contributed by atoms with Gasteiger partial charge in [-0.05, 0) is 24.6 Å². The standard InChI is InChI=1S/C11H13Cl2N3O2/c12-7-3-4-9(8(13)6-7)18-5-1-2-10(17)16-11(14)15/h3-4,6H,1-2,5H2,(H4,14,15,16,17). The first-order valence-corrected chi connectivity index (χ1v) is 5.95. The van der Waals surface area contributed by atoms with Crippen LogP contribution in [0.5, 0.6) is 5.75 Å². The van der Waals surface area contributed by atoms with Gasteiger partial charge >= 0.3 is 0 Å². The van der Waals surface area contributed by atoms with Crippen molar-refractivity contribution in [3.05, 3.63) is 28.2 Å². The molecule has 4 N–H and O–H groups in total. The number of carbonyl (C=O) groups is 1. The molecule has 0 aliphatic rings. The largest absolute Gasteiger partial charge is 0.492 e. The first kappa shape index (κ1) is 14.6. The van der Waals surface area contributed by atoms with Gasteiger partial charge in [0.2, 0.25) is 5.91 Å². The molecule has 1 amide bonds. The second-order valence-electron chi connectivity index (χ2n) is 3.46. The number of ether oxygens (including phenoxy) is 1. The molecule has 0 heterocycles. The fourth-order valence-corrected chi connectivity index (χ4v) is 1.66. The van der Waals surface area contributed by atoms with Gasteiger partial charge in [-0.15, -0.1) is 0 Å². The van der Waals surface area contributed by atoms with Gasteiger partial charge in [0.1, 0.15) is 5.75 Å². The molecule has 1 aromatic rings. The lowest BCUT2D eigenvalue weighted by Gasteiger charge is -2.07. The Kier molecular flexibility index (Phi) is 5.74. The van der Waals surface area contributed by atoms with Crippen LogP contribution in [0.4, 0.5) is 0 Å². The number of rotatable bonds is 5. The summed E-state index contributed by atoms with van der Waals surface area (Å²) in [5, 5.41) is 0.966. The van der Waals surface area contributed by atoms with Crippen molar-refractivity contribution in [1.82, 2.24) is 0 Å². The van der Waals surface area contributed by atoms with Crippen molar-refractivity contribution in [3.8, 4) is 5.75 Å². The molecule has 98 valence electrons. The molecule has 7 heteroatoms. The molecule has 0 atom stereocenters. The highest BCUT2D eigenvalue weighted by atomic mass is 35.5. The quantitative estimate of drug-likeness (QED) is 0.492. The summed E-state index contributed by atoms with van der Waals surface area (Å²) in [7, 11) is 0. The number of halogens is 2. The van der Waals surface area contributed by atoms with E-state index in [4.69, 9.17) is 39.4 Å². The normalized spacial score (nSPS) is 9.89. The highest BCUT2D eigenvalue weighted by Crippen LogP contribution is 2.27. The SMILES string of the molecule is NC(N)=NC(=O)CCCOc1ccc(Cl)cc1Cl. The first-order valence-electron chi connectivity index (χ1n) is 5.19. The van der Waals surface area contributed by atoms with Crippen LogP contribution in [0.1, 0.15) is 12.8 Å². The van der Waals surface area contributed by atoms with Crippen LogP contribution in [-0.2, 0) is 4.79 Å². The van der Waals surface area contributed by atoms with Crippen LogP contribution in [0.3, 0.4) is 0 Å². The zero-order valence-electron chi connectivity index (χ0n) is 9.53. The number of amides is 1. The molecule has 1 aromatic carbocycles. The van der Waals surface area contributed by atoms with Crippen molar-refractivity contribution >= 4 is 35.1 Å². The maximum atomic E-state index is 11.1. The Labute approximate surface area is 115 Å². The van der Waals surface area contributed by atoms with Gasteiger partial charge in [0.15, 0.2) is 5.96 Å². The maximum absolute atomic E-state index is 11.1. The fourth-order valence-electron chi connectivity index (χ4n) is 1.20. The zero-order valence-corrected chi connectivity index (χ0v) is 11.0. The summed E-state index contributed by atoms with van der Waals surface area (Å²) in [5.41, 5.74) is 10.1. The van der Waals surface area contributed by atoms with Gasteiger partial charge in [-0.3, -0.25) is 4.79 Å². The molecule has 18 heavy (non-hydrogen) atoms. The van der Waals surface area contributed by atoms with Crippen LogP contribution in [-0.4, -0.2) is 18.5 Å². The van der Waals surface area contributed by atoms with Crippen LogP contribution in [0.15, 0.2) is 23.2 Å². The third kappa shape index (κ3) is 5.25. The number of hydrogen-bond acceptors (Lipinski definition) is 2. The summed E-state index contributed by atoms with van der Waals surface area (Å²) in [6.45, 7) is 0.340. The van der Waals surface area contributed by atoms with E-state index >= 15 is 0 Å². The van der Waals surface area contributed by atoms with Gasteiger partial charge in [-0.25, -0.2) is 0 Å². The van der Waals surface area contributed by atoms with Gasteiger partial charge < -0.3 is 16.2 Å². The van der Waals surface area contributed by atoms with Gasteiger partial charge in [0, 0.05) is 11.4 Å². The smallest absolute Gasteiger partial charge is 0.248 e. The number of hydrogen-bond donors (Lipinski definition) is 2. The highest BCUT2D eigenvalue weighted by Gasteiger charge is 2.04. The predicted molar refractivity (Wildman–Crippen MR) is 72.0 cm³/mol. The highest BCUT2D eigenvalue weighted by molar-refractivity contribution is 6.35. The number of nitrogens with two attached hydrogens (primary N) is 2. The van der Waals surface area contributed by atoms with E-state index in [0.717, 1.165) is 0 Å². The number of carbonyl (C=O) groups excluding carboxylic acids is 1. The molecule has 0 spiro atoms. The van der Waals surface area contributed by atoms with Crippen molar-refractivity contribution in [1.29, 1.82) is 0 Å². The second-order valence-corrected chi connectivity index (χ2v) is 4.30. The summed E-state index contributed by atoms with van der Waals surface area (Å²) in [4.78, 5) is 14.5. The molecule has 0 fully saturated rings. The lowest BCUT2D eigenvalue weighted by Crippen LogP contribution is -2.24. The van der Waals surface area contributed by atoms with Crippen molar-refractivity contribution < 1.29 is 9.53 Å². The molecule has 0 saturated heterocycles. The number of nitrogens with zero attached hydrogens (tertiary/aromatic N) is 1. The Hall–Kier alpha value is -1.46. The molecule has 5 nitrogen and oxygen atoms in total. The first-order chi connectivity index (χ1) is 8.49. The third-order valence-electron chi connectivity index (χ3n) is 1.94. The molecular weight excluding hydrogens is 277 g/mol. The summed E-state index contributed by atoms with van der Waals surface area (Å²) in [6.07, 6.45) is 0.706. The van der Waals surface area contributed by atoms with Crippen LogP contribution < -0.4 is 16.2 Å². The number of guanidine groups is 1. The Morgan fingerprint density at radius 3 is 2.67 bits per heavy atom. The Balaban J connectivity index is 2.34. The third-order valence-corrected chi connectivity index (χ3v) is 2.47. The minimum Gasteiger partial charge on any atom is -0.492 e. The number of benzene rings is 1. The molecule has 0 aromatic heterocycles. The van der Waals surface area contributed by atoms with Gasteiger partial charge in [0.05, 0.1) is 11.6 Å². The van der Waals surface area contributed by atoms with Crippen LogP contribution in [0.25, 0.3) is 0 Å². The van der Waals surface area contributed by atoms with E-state index < -0.39 is 0 Å². The predicted octanol–water partition coefficient (Wildman–Crippen LogP) is 1.95. The molecule has 1 rings (SSSR count). The van der Waals surface area contributed by atoms with Gasteiger partial charge in [0.25, 0.3) is 0 Å². The second kappa shape index (κ2) is 7.08. The van der Waals surface area contributed by atoms with E-state index in [0.29, 0.717) is 28.8 Å². The lowest BCUT2D eigenvalue weighted by atomic mass is 10.3. The van der Waals surface area contributed by atoms with E-state index in [-0.39, 0.29) is 18.3 Å². The van der Waals surface area contributed by atoms with Gasteiger partial charge in [-0.2, -0.15) is 4.99 Å². The van der Waals surface area contributed by atoms with Crippen molar-refractivity contribution in [2.45, 2.75) is 12.8 Å². The minimum atomic E-state index is -0.374. The molecule has 0 saturated carbocycles. The van der Waals surface area contributed by atoms with Crippen LogP contribution in [0.2, 0.25) is 10.0 Å². The Morgan fingerprint density at radius 1 is 1.33 bits per heavy atom. The van der Waals surface area contributed by atoms with E-state index in [1.165, 1.54) is 0 Å². The summed E-state index contributed by atoms with van der Waals surface area (Å²) < 4.78 is 5.39. The topological polar surface area (TPSA) is 90.7 Å². The Bertz CT molecular complexity index is 460. The monoisotopic (exact) mass is 289 g/mol. The van der Waals surface area contributed by atoms with E-state index in [9.17, 15) is 4.79 Å². The minimum absolute atomic E-state index is 0.211. The maximum Gasteiger partial charge on any atom is 0.248 e. The summed E-state index contributed by atoms with van der Waals surface area (Å²) >= 11 is 11.7. The van der Waals surface area contributed by atoms with Crippen molar-refractivity contribution in [2.75, 3.05) is 6.61 Å². The van der Waals surface area contributed by atoms with Crippen molar-refractivity contribution in [3.63, 3.8) is 0 Å². The molecule has 0 aliphatic heterocycles. The molecular formula is C11H13Cl2N3O2. The molecule has 0 aliphatic carbocycles.